The quantitative estimate of drug-likeness (QED) is 0.507. The predicted octanol–water partition coefficient (Wildman–Crippen LogP) is 3.15. The number of hydrogen-bond acceptors (Lipinski definition) is 3. The van der Waals surface area contributed by atoms with E-state index in [9.17, 15) is 5.11 Å². The molecule has 0 bridgehead atoms. The number of halogens is 2. The average Bonchev–Trinajstić information content (AvgIpc) is 3.04. The standard InChI is InChI=1S/C17H25Cl2N3O2/c1-2-20-17(21-6-5-15-4-3-7-24-15)22-11-16(23)12-8-13(18)10-14(19)9-12/h8-10,15-16,23H,2-7,11H2,1H3,(H2,20,21,22). The molecule has 0 saturated carbocycles. The largest absolute Gasteiger partial charge is 0.386 e. The number of aliphatic hydroxyl groups is 1. The van der Waals surface area contributed by atoms with Crippen LogP contribution >= 0.6 is 23.2 Å². The van der Waals surface area contributed by atoms with Crippen LogP contribution in [0.5, 0.6) is 0 Å². The van der Waals surface area contributed by atoms with Gasteiger partial charge in [0.1, 0.15) is 0 Å². The van der Waals surface area contributed by atoms with Crippen molar-refractivity contribution in [1.82, 2.24) is 10.6 Å². The van der Waals surface area contributed by atoms with Gasteiger partial charge in [0.2, 0.25) is 0 Å². The van der Waals surface area contributed by atoms with Crippen LogP contribution in [-0.4, -0.2) is 43.4 Å². The van der Waals surface area contributed by atoms with Gasteiger partial charge in [0.15, 0.2) is 5.96 Å². The highest BCUT2D eigenvalue weighted by molar-refractivity contribution is 6.34. The molecule has 5 nitrogen and oxygen atoms in total. The van der Waals surface area contributed by atoms with Gasteiger partial charge in [-0.15, -0.1) is 0 Å². The maximum absolute atomic E-state index is 10.3. The molecule has 1 aromatic rings. The number of aliphatic hydroxyl groups excluding tert-OH is 1. The van der Waals surface area contributed by atoms with Crippen molar-refractivity contribution in [2.24, 2.45) is 4.99 Å². The molecule has 0 spiro atoms. The van der Waals surface area contributed by atoms with E-state index in [1.165, 1.54) is 0 Å². The lowest BCUT2D eigenvalue weighted by Gasteiger charge is -2.15. The molecule has 1 aromatic carbocycles. The number of rotatable bonds is 7. The Labute approximate surface area is 153 Å². The van der Waals surface area contributed by atoms with Gasteiger partial charge >= 0.3 is 0 Å². The van der Waals surface area contributed by atoms with Crippen molar-refractivity contribution in [3.8, 4) is 0 Å². The van der Waals surface area contributed by atoms with Crippen molar-refractivity contribution in [2.45, 2.75) is 38.4 Å². The first-order valence-electron chi connectivity index (χ1n) is 8.36. The van der Waals surface area contributed by atoms with Gasteiger partial charge in [-0.05, 0) is 49.9 Å². The smallest absolute Gasteiger partial charge is 0.191 e. The second-order valence-electron chi connectivity index (χ2n) is 5.79. The SMILES string of the molecule is CCNC(=NCC(O)c1cc(Cl)cc(Cl)c1)NCCC1CCCO1. The van der Waals surface area contributed by atoms with E-state index in [4.69, 9.17) is 27.9 Å². The minimum absolute atomic E-state index is 0.228. The number of aliphatic imine (C=N–C) groups is 1. The van der Waals surface area contributed by atoms with Gasteiger partial charge in [-0.3, -0.25) is 4.99 Å². The zero-order chi connectivity index (χ0) is 17.4. The summed E-state index contributed by atoms with van der Waals surface area (Å²) in [6, 6.07) is 5.04. The third kappa shape index (κ3) is 6.48. The van der Waals surface area contributed by atoms with Crippen molar-refractivity contribution in [3.63, 3.8) is 0 Å². The van der Waals surface area contributed by atoms with E-state index in [0.717, 1.165) is 39.0 Å². The lowest BCUT2D eigenvalue weighted by molar-refractivity contribution is 0.105. The number of guanidine groups is 1. The van der Waals surface area contributed by atoms with Crippen molar-refractivity contribution in [3.05, 3.63) is 33.8 Å². The summed E-state index contributed by atoms with van der Waals surface area (Å²) in [5.41, 5.74) is 0.659. The molecule has 7 heteroatoms. The summed E-state index contributed by atoms with van der Waals surface area (Å²) in [6.45, 7) is 4.64. The molecule has 3 N–H and O–H groups in total. The molecule has 1 aliphatic heterocycles. The summed E-state index contributed by atoms with van der Waals surface area (Å²) in [6.07, 6.45) is 2.82. The van der Waals surface area contributed by atoms with Crippen LogP contribution in [0.4, 0.5) is 0 Å². The fourth-order valence-electron chi connectivity index (χ4n) is 2.62. The zero-order valence-electron chi connectivity index (χ0n) is 13.9. The summed E-state index contributed by atoms with van der Waals surface area (Å²) < 4.78 is 5.61. The Balaban J connectivity index is 1.86. The molecule has 2 atom stereocenters. The van der Waals surface area contributed by atoms with Gasteiger partial charge in [-0.25, -0.2) is 0 Å². The molecule has 134 valence electrons. The van der Waals surface area contributed by atoms with E-state index in [1.807, 2.05) is 6.92 Å². The Morgan fingerprint density at radius 2 is 2.08 bits per heavy atom. The topological polar surface area (TPSA) is 65.9 Å². The number of hydrogen-bond donors (Lipinski definition) is 3. The normalized spacial score (nSPS) is 19.3. The third-order valence-corrected chi connectivity index (χ3v) is 4.26. The van der Waals surface area contributed by atoms with Crippen molar-refractivity contribution >= 4 is 29.2 Å². The summed E-state index contributed by atoms with van der Waals surface area (Å²) >= 11 is 11.9. The van der Waals surface area contributed by atoms with Crippen LogP contribution in [0.15, 0.2) is 23.2 Å². The molecule has 24 heavy (non-hydrogen) atoms. The summed E-state index contributed by atoms with van der Waals surface area (Å²) in [5, 5.41) is 17.7. The molecule has 0 aliphatic carbocycles. The maximum Gasteiger partial charge on any atom is 0.191 e. The maximum atomic E-state index is 10.3. The van der Waals surface area contributed by atoms with Crippen LogP contribution in [0.3, 0.4) is 0 Å². The van der Waals surface area contributed by atoms with Gasteiger partial charge in [0, 0.05) is 29.7 Å². The van der Waals surface area contributed by atoms with Gasteiger partial charge in [-0.2, -0.15) is 0 Å². The van der Waals surface area contributed by atoms with Crippen molar-refractivity contribution in [2.75, 3.05) is 26.2 Å². The Morgan fingerprint density at radius 1 is 1.33 bits per heavy atom. The van der Waals surface area contributed by atoms with Crippen LogP contribution < -0.4 is 10.6 Å². The number of nitrogens with one attached hydrogen (secondary N) is 2. The van der Waals surface area contributed by atoms with Crippen LogP contribution in [0.2, 0.25) is 10.0 Å². The van der Waals surface area contributed by atoms with E-state index >= 15 is 0 Å². The minimum atomic E-state index is -0.755. The average molecular weight is 374 g/mol. The van der Waals surface area contributed by atoms with Gasteiger partial charge in [-0.1, -0.05) is 23.2 Å². The summed E-state index contributed by atoms with van der Waals surface area (Å²) in [7, 11) is 0. The van der Waals surface area contributed by atoms with Crippen LogP contribution in [0.1, 0.15) is 37.9 Å². The highest BCUT2D eigenvalue weighted by atomic mass is 35.5. The van der Waals surface area contributed by atoms with Gasteiger partial charge in [0.25, 0.3) is 0 Å². The minimum Gasteiger partial charge on any atom is -0.386 e. The molecule has 2 rings (SSSR count). The molecular formula is C17H25Cl2N3O2. The number of benzene rings is 1. The highest BCUT2D eigenvalue weighted by Gasteiger charge is 2.15. The highest BCUT2D eigenvalue weighted by Crippen LogP contribution is 2.23. The predicted molar refractivity (Wildman–Crippen MR) is 99.0 cm³/mol. The molecule has 0 amide bonds. The molecular weight excluding hydrogens is 349 g/mol. The monoisotopic (exact) mass is 373 g/mol. The Kier molecular flexibility index (Phi) is 8.12. The second kappa shape index (κ2) is 10.1. The summed E-state index contributed by atoms with van der Waals surface area (Å²) in [4.78, 5) is 4.43. The lowest BCUT2D eigenvalue weighted by Crippen LogP contribution is -2.38. The molecule has 0 aromatic heterocycles. The van der Waals surface area contributed by atoms with E-state index in [0.29, 0.717) is 27.7 Å². The molecule has 2 unspecified atom stereocenters. The van der Waals surface area contributed by atoms with E-state index in [1.54, 1.807) is 18.2 Å². The molecule has 1 aliphatic rings. The molecule has 1 heterocycles. The van der Waals surface area contributed by atoms with Crippen LogP contribution in [0, 0.1) is 0 Å². The Hall–Kier alpha value is -1.01. The zero-order valence-corrected chi connectivity index (χ0v) is 15.4. The number of ether oxygens (including phenoxy) is 1. The summed E-state index contributed by atoms with van der Waals surface area (Å²) in [5.74, 6) is 0.683. The van der Waals surface area contributed by atoms with Gasteiger partial charge in [0.05, 0.1) is 18.8 Å². The fraction of sp³-hybridized carbons (Fsp3) is 0.588. The van der Waals surface area contributed by atoms with E-state index in [2.05, 4.69) is 15.6 Å². The second-order valence-corrected chi connectivity index (χ2v) is 6.66. The third-order valence-electron chi connectivity index (χ3n) is 3.82. The first-order chi connectivity index (χ1) is 11.6. The van der Waals surface area contributed by atoms with Crippen LogP contribution in [0.25, 0.3) is 0 Å². The Bertz CT molecular complexity index is 528. The van der Waals surface area contributed by atoms with Crippen molar-refractivity contribution < 1.29 is 9.84 Å². The number of nitrogens with zero attached hydrogens (tertiary/aromatic N) is 1. The molecule has 1 fully saturated rings. The Morgan fingerprint density at radius 3 is 2.71 bits per heavy atom. The molecule has 0 radical (unpaired) electrons. The molecule has 1 saturated heterocycles. The van der Waals surface area contributed by atoms with E-state index in [-0.39, 0.29) is 6.54 Å². The van der Waals surface area contributed by atoms with Crippen LogP contribution in [-0.2, 0) is 4.74 Å². The van der Waals surface area contributed by atoms with E-state index < -0.39 is 6.10 Å². The first kappa shape index (κ1) is 19.3. The lowest BCUT2D eigenvalue weighted by atomic mass is 10.1. The fourth-order valence-corrected chi connectivity index (χ4v) is 3.16. The van der Waals surface area contributed by atoms with Crippen molar-refractivity contribution in [1.29, 1.82) is 0 Å². The van der Waals surface area contributed by atoms with Gasteiger partial charge < -0.3 is 20.5 Å². The first-order valence-corrected chi connectivity index (χ1v) is 9.12.